The van der Waals surface area contributed by atoms with Crippen molar-refractivity contribution < 1.29 is 0 Å². The first-order valence-electron chi connectivity index (χ1n) is 8.63. The van der Waals surface area contributed by atoms with Crippen molar-refractivity contribution >= 4 is 11.6 Å². The van der Waals surface area contributed by atoms with Crippen LogP contribution in [0.15, 0.2) is 6.20 Å². The van der Waals surface area contributed by atoms with E-state index in [-0.39, 0.29) is 0 Å². The number of rotatable bonds is 8. The fourth-order valence-corrected chi connectivity index (χ4v) is 4.12. The van der Waals surface area contributed by atoms with Gasteiger partial charge in [0.1, 0.15) is 0 Å². The lowest BCUT2D eigenvalue weighted by Crippen LogP contribution is -2.38. The Morgan fingerprint density at radius 2 is 2.00 bits per heavy atom. The molecule has 1 aromatic rings. The van der Waals surface area contributed by atoms with Crippen molar-refractivity contribution in [2.75, 3.05) is 6.54 Å². The van der Waals surface area contributed by atoms with E-state index in [1.54, 1.807) is 0 Å². The van der Waals surface area contributed by atoms with Gasteiger partial charge in [-0.3, -0.25) is 4.68 Å². The van der Waals surface area contributed by atoms with Crippen LogP contribution in [0.5, 0.6) is 0 Å². The second-order valence-electron chi connectivity index (χ2n) is 6.41. The molecule has 1 fully saturated rings. The molecule has 0 spiro atoms. The maximum Gasteiger partial charge on any atom is 0.0834 e. The van der Waals surface area contributed by atoms with Gasteiger partial charge in [0, 0.05) is 6.54 Å². The topological polar surface area (TPSA) is 29.9 Å². The number of hydrogen-bond acceptors (Lipinski definition) is 2. The molecule has 1 aliphatic carbocycles. The Balaban J connectivity index is 2.37. The average Bonchev–Trinajstić information content (AvgIpc) is 3.10. The number of nitrogens with zero attached hydrogens (tertiary/aromatic N) is 2. The summed E-state index contributed by atoms with van der Waals surface area (Å²) in [6, 6.07) is 0.339. The van der Waals surface area contributed by atoms with E-state index in [1.165, 1.54) is 37.8 Å². The second kappa shape index (κ2) is 7.64. The van der Waals surface area contributed by atoms with E-state index in [9.17, 15) is 0 Å². The summed E-state index contributed by atoms with van der Waals surface area (Å²) in [6.07, 6.45) is 10.6. The molecule has 2 rings (SSSR count). The van der Waals surface area contributed by atoms with Gasteiger partial charge in [0.15, 0.2) is 0 Å². The van der Waals surface area contributed by atoms with Crippen LogP contribution in [0.1, 0.15) is 77.5 Å². The highest BCUT2D eigenvalue weighted by Crippen LogP contribution is 2.51. The molecule has 0 saturated heterocycles. The molecule has 1 aromatic heterocycles. The van der Waals surface area contributed by atoms with Gasteiger partial charge in [-0.25, -0.2) is 0 Å². The molecule has 0 aromatic carbocycles. The highest BCUT2D eigenvalue weighted by atomic mass is 35.5. The monoisotopic (exact) mass is 311 g/mol. The summed E-state index contributed by atoms with van der Waals surface area (Å²) < 4.78 is 2.13. The van der Waals surface area contributed by atoms with Crippen molar-refractivity contribution in [1.82, 2.24) is 15.1 Å². The standard InChI is InChI=1S/C17H30ClN3/c1-4-11-19-16(17(6-3)9-7-8-10-17)15-14(18)13-20-21(15)12-5-2/h13,16,19H,4-12H2,1-3H3. The van der Waals surface area contributed by atoms with Crippen LogP contribution in [0.25, 0.3) is 0 Å². The lowest BCUT2D eigenvalue weighted by molar-refractivity contribution is 0.178. The van der Waals surface area contributed by atoms with Crippen molar-refractivity contribution in [3.8, 4) is 0 Å². The van der Waals surface area contributed by atoms with Crippen LogP contribution < -0.4 is 5.32 Å². The van der Waals surface area contributed by atoms with Crippen molar-refractivity contribution in [2.45, 2.75) is 78.3 Å². The summed E-state index contributed by atoms with van der Waals surface area (Å²) in [5.41, 5.74) is 1.57. The van der Waals surface area contributed by atoms with Crippen LogP contribution in [0.3, 0.4) is 0 Å². The van der Waals surface area contributed by atoms with Crippen LogP contribution in [-0.4, -0.2) is 16.3 Å². The molecule has 21 heavy (non-hydrogen) atoms. The average molecular weight is 312 g/mol. The van der Waals surface area contributed by atoms with Gasteiger partial charge in [0.25, 0.3) is 0 Å². The minimum atomic E-state index is 0.339. The second-order valence-corrected chi connectivity index (χ2v) is 6.82. The highest BCUT2D eigenvalue weighted by molar-refractivity contribution is 6.31. The SMILES string of the molecule is CCCNC(c1c(Cl)cnn1CCC)C1(CC)CCCC1. The number of halogens is 1. The maximum absolute atomic E-state index is 6.53. The van der Waals surface area contributed by atoms with Crippen molar-refractivity contribution in [3.05, 3.63) is 16.9 Å². The number of aryl methyl sites for hydroxylation is 1. The molecule has 1 atom stereocenters. The summed E-state index contributed by atoms with van der Waals surface area (Å²) >= 11 is 6.53. The summed E-state index contributed by atoms with van der Waals surface area (Å²) in [5.74, 6) is 0. The first-order valence-corrected chi connectivity index (χ1v) is 9.01. The van der Waals surface area contributed by atoms with E-state index in [1.807, 2.05) is 6.20 Å². The molecule has 1 unspecified atom stereocenters. The third-order valence-corrected chi connectivity index (χ3v) is 5.35. The van der Waals surface area contributed by atoms with Crippen LogP contribution in [0.4, 0.5) is 0 Å². The van der Waals surface area contributed by atoms with E-state index in [2.05, 4.69) is 35.9 Å². The van der Waals surface area contributed by atoms with Gasteiger partial charge in [-0.2, -0.15) is 5.10 Å². The number of hydrogen-bond donors (Lipinski definition) is 1. The molecule has 1 saturated carbocycles. The normalized spacial score (nSPS) is 19.0. The van der Waals surface area contributed by atoms with E-state index in [0.29, 0.717) is 11.5 Å². The Hall–Kier alpha value is -0.540. The summed E-state index contributed by atoms with van der Waals surface area (Å²) in [7, 11) is 0. The summed E-state index contributed by atoms with van der Waals surface area (Å²) in [4.78, 5) is 0. The molecule has 3 nitrogen and oxygen atoms in total. The number of aromatic nitrogens is 2. The Morgan fingerprint density at radius 1 is 1.29 bits per heavy atom. The fraction of sp³-hybridized carbons (Fsp3) is 0.824. The van der Waals surface area contributed by atoms with Gasteiger partial charge >= 0.3 is 0 Å². The third-order valence-electron chi connectivity index (χ3n) is 5.06. The van der Waals surface area contributed by atoms with Gasteiger partial charge in [-0.15, -0.1) is 0 Å². The van der Waals surface area contributed by atoms with Gasteiger partial charge in [-0.1, -0.05) is 45.2 Å². The predicted octanol–water partition coefficient (Wildman–Crippen LogP) is 4.96. The van der Waals surface area contributed by atoms with Crippen LogP contribution in [0.2, 0.25) is 5.02 Å². The molecule has 1 aliphatic rings. The molecule has 0 radical (unpaired) electrons. The summed E-state index contributed by atoms with van der Waals surface area (Å²) in [5, 5.41) is 9.15. The van der Waals surface area contributed by atoms with Crippen molar-refractivity contribution in [3.63, 3.8) is 0 Å². The Kier molecular flexibility index (Phi) is 6.12. The quantitative estimate of drug-likeness (QED) is 0.735. The molecule has 1 N–H and O–H groups in total. The lowest BCUT2D eigenvalue weighted by Gasteiger charge is -2.38. The summed E-state index contributed by atoms with van der Waals surface area (Å²) in [6.45, 7) is 8.74. The van der Waals surface area contributed by atoms with Gasteiger partial charge in [-0.05, 0) is 44.1 Å². The zero-order valence-corrected chi connectivity index (χ0v) is 14.5. The van der Waals surface area contributed by atoms with Crippen molar-refractivity contribution in [1.29, 1.82) is 0 Å². The van der Waals surface area contributed by atoms with E-state index < -0.39 is 0 Å². The molecule has 1 heterocycles. The predicted molar refractivity (Wildman–Crippen MR) is 89.8 cm³/mol. The Morgan fingerprint density at radius 3 is 2.57 bits per heavy atom. The molecule has 4 heteroatoms. The minimum Gasteiger partial charge on any atom is -0.308 e. The van der Waals surface area contributed by atoms with E-state index in [4.69, 9.17) is 11.6 Å². The van der Waals surface area contributed by atoms with Crippen molar-refractivity contribution in [2.24, 2.45) is 5.41 Å². The van der Waals surface area contributed by atoms with Crippen LogP contribution in [0, 0.1) is 5.41 Å². The van der Waals surface area contributed by atoms with Gasteiger partial charge in [0.05, 0.1) is 23.0 Å². The minimum absolute atomic E-state index is 0.339. The largest absolute Gasteiger partial charge is 0.308 e. The first-order chi connectivity index (χ1) is 10.2. The highest BCUT2D eigenvalue weighted by Gasteiger charge is 2.42. The zero-order valence-electron chi connectivity index (χ0n) is 13.8. The van der Waals surface area contributed by atoms with Crippen LogP contribution in [-0.2, 0) is 6.54 Å². The molecule has 120 valence electrons. The van der Waals surface area contributed by atoms with Gasteiger partial charge in [0.2, 0.25) is 0 Å². The molecule has 0 aliphatic heterocycles. The first kappa shape index (κ1) is 16.8. The Bertz CT molecular complexity index is 435. The fourth-order valence-electron chi connectivity index (χ4n) is 3.87. The molecule has 0 amide bonds. The van der Waals surface area contributed by atoms with E-state index >= 15 is 0 Å². The van der Waals surface area contributed by atoms with Crippen LogP contribution >= 0.6 is 11.6 Å². The third kappa shape index (κ3) is 3.45. The Labute approximate surface area is 134 Å². The maximum atomic E-state index is 6.53. The number of nitrogens with one attached hydrogen (secondary N) is 1. The van der Waals surface area contributed by atoms with Gasteiger partial charge < -0.3 is 5.32 Å². The molecular weight excluding hydrogens is 282 g/mol. The smallest absolute Gasteiger partial charge is 0.0834 e. The van der Waals surface area contributed by atoms with E-state index in [0.717, 1.165) is 31.0 Å². The molecule has 0 bridgehead atoms. The molecular formula is C17H30ClN3. The zero-order chi connectivity index (χ0) is 15.3. The lowest BCUT2D eigenvalue weighted by atomic mass is 9.74.